The summed E-state index contributed by atoms with van der Waals surface area (Å²) in [6.45, 7) is 4.06. The van der Waals surface area contributed by atoms with Gasteiger partial charge >= 0.3 is 0 Å². The first-order valence-corrected chi connectivity index (χ1v) is 11.4. The van der Waals surface area contributed by atoms with Crippen molar-refractivity contribution in [1.82, 2.24) is 30.0 Å². The highest BCUT2D eigenvalue weighted by molar-refractivity contribution is 5.75. The van der Waals surface area contributed by atoms with Gasteiger partial charge in [0.15, 0.2) is 0 Å². The minimum atomic E-state index is -0.355. The van der Waals surface area contributed by atoms with Gasteiger partial charge in [-0.05, 0) is 37.4 Å². The monoisotopic (exact) mass is 479 g/mol. The van der Waals surface area contributed by atoms with E-state index in [9.17, 15) is 9.59 Å². The molecule has 1 saturated heterocycles. The fraction of sp³-hybridized carbons (Fsp3) is 0.375. The molecule has 1 aliphatic rings. The summed E-state index contributed by atoms with van der Waals surface area (Å²) in [5.74, 6) is 1.67. The average molecular weight is 480 g/mol. The van der Waals surface area contributed by atoms with Gasteiger partial charge in [0.2, 0.25) is 11.8 Å². The molecule has 4 rings (SSSR count). The van der Waals surface area contributed by atoms with Crippen LogP contribution in [-0.4, -0.2) is 84.0 Å². The summed E-state index contributed by atoms with van der Waals surface area (Å²) in [5.41, 5.74) is 1.04. The molecule has 0 atom stereocenters. The van der Waals surface area contributed by atoms with Gasteiger partial charge in [-0.15, -0.1) is 0 Å². The maximum atomic E-state index is 12.4. The number of benzene rings is 1. The number of carbonyl (C=O) groups excluding carboxylic acids is 1. The first-order valence-electron chi connectivity index (χ1n) is 11.4. The molecule has 1 aliphatic heterocycles. The van der Waals surface area contributed by atoms with Crippen molar-refractivity contribution >= 4 is 11.7 Å². The van der Waals surface area contributed by atoms with Crippen molar-refractivity contribution in [2.75, 3.05) is 58.4 Å². The summed E-state index contributed by atoms with van der Waals surface area (Å²) >= 11 is 0. The zero-order valence-electron chi connectivity index (χ0n) is 19.9. The van der Waals surface area contributed by atoms with E-state index in [4.69, 9.17) is 9.47 Å². The van der Waals surface area contributed by atoms with Crippen LogP contribution in [-0.2, 0) is 11.3 Å². The van der Waals surface area contributed by atoms with Crippen molar-refractivity contribution in [2.24, 2.45) is 0 Å². The molecule has 1 N–H and O–H groups in total. The third-order valence-corrected chi connectivity index (χ3v) is 5.67. The first-order chi connectivity index (χ1) is 17.0. The number of methoxy groups -OCH3 is 1. The summed E-state index contributed by atoms with van der Waals surface area (Å²) in [7, 11) is 3.70. The molecule has 11 heteroatoms. The smallest absolute Gasteiger partial charge is 0.267 e. The molecular formula is C24H29N7O4. The highest BCUT2D eigenvalue weighted by Gasteiger charge is 2.16. The Kier molecular flexibility index (Phi) is 7.88. The van der Waals surface area contributed by atoms with E-state index < -0.39 is 0 Å². The molecule has 0 spiro atoms. The molecule has 3 aromatic rings. The molecule has 1 aromatic carbocycles. The number of likely N-dealkylation sites (N-methyl/N-ethyl adjacent to an activating group) is 1. The van der Waals surface area contributed by atoms with Crippen molar-refractivity contribution in [3.05, 3.63) is 59.1 Å². The minimum absolute atomic E-state index is 0.191. The zero-order valence-corrected chi connectivity index (χ0v) is 19.9. The SMILES string of the molecule is COc1ccc(-c2ccc(=O)n(CC(=O)NCCOc3cc(N4CCN(C)CC4)ncn3)n2)cc1. The number of anilines is 1. The van der Waals surface area contributed by atoms with Crippen LogP contribution in [0.4, 0.5) is 5.82 Å². The Bertz CT molecular complexity index is 1190. The predicted molar refractivity (Wildman–Crippen MR) is 131 cm³/mol. The van der Waals surface area contributed by atoms with Crippen LogP contribution in [0.2, 0.25) is 0 Å². The number of hydrogen-bond acceptors (Lipinski definition) is 9. The Labute approximate surface area is 203 Å². The number of nitrogens with zero attached hydrogens (tertiary/aromatic N) is 6. The quantitative estimate of drug-likeness (QED) is 0.442. The molecule has 35 heavy (non-hydrogen) atoms. The van der Waals surface area contributed by atoms with Crippen LogP contribution in [0, 0.1) is 0 Å². The highest BCUT2D eigenvalue weighted by Crippen LogP contribution is 2.19. The molecule has 0 saturated carbocycles. The van der Waals surface area contributed by atoms with Crippen molar-refractivity contribution in [3.63, 3.8) is 0 Å². The molecule has 0 aliphatic carbocycles. The zero-order chi connectivity index (χ0) is 24.6. The van der Waals surface area contributed by atoms with Crippen LogP contribution in [0.3, 0.4) is 0 Å². The number of rotatable bonds is 9. The van der Waals surface area contributed by atoms with Gasteiger partial charge in [0.1, 0.15) is 31.0 Å². The van der Waals surface area contributed by atoms with Gasteiger partial charge in [-0.25, -0.2) is 14.6 Å². The van der Waals surface area contributed by atoms with Gasteiger partial charge in [-0.3, -0.25) is 9.59 Å². The van der Waals surface area contributed by atoms with E-state index in [1.54, 1.807) is 19.2 Å². The van der Waals surface area contributed by atoms with Crippen LogP contribution in [0.5, 0.6) is 11.6 Å². The van der Waals surface area contributed by atoms with E-state index >= 15 is 0 Å². The number of aromatic nitrogens is 4. The number of hydrogen-bond donors (Lipinski definition) is 1. The van der Waals surface area contributed by atoms with E-state index in [1.165, 1.54) is 12.4 Å². The third-order valence-electron chi connectivity index (χ3n) is 5.67. The lowest BCUT2D eigenvalue weighted by atomic mass is 10.1. The second kappa shape index (κ2) is 11.4. The normalized spacial score (nSPS) is 13.9. The lowest BCUT2D eigenvalue weighted by Gasteiger charge is -2.33. The molecular weight excluding hydrogens is 450 g/mol. The maximum Gasteiger partial charge on any atom is 0.267 e. The highest BCUT2D eigenvalue weighted by atomic mass is 16.5. The van der Waals surface area contributed by atoms with Crippen LogP contribution in [0.25, 0.3) is 11.3 Å². The van der Waals surface area contributed by atoms with Crippen LogP contribution < -0.4 is 25.2 Å². The van der Waals surface area contributed by atoms with Crippen molar-refractivity contribution in [2.45, 2.75) is 6.54 Å². The average Bonchev–Trinajstić information content (AvgIpc) is 2.88. The van der Waals surface area contributed by atoms with E-state index in [0.29, 0.717) is 11.6 Å². The number of piperazine rings is 1. The van der Waals surface area contributed by atoms with Crippen LogP contribution in [0.1, 0.15) is 0 Å². The first kappa shape index (κ1) is 24.1. The van der Waals surface area contributed by atoms with Crippen LogP contribution >= 0.6 is 0 Å². The largest absolute Gasteiger partial charge is 0.497 e. The lowest BCUT2D eigenvalue weighted by Crippen LogP contribution is -2.44. The van der Waals surface area contributed by atoms with Crippen LogP contribution in [0.15, 0.2) is 53.6 Å². The standard InChI is InChI=1S/C24H29N7O4/c1-29-10-12-30(13-11-29)21-15-23(27-17-26-21)35-14-9-25-22(32)16-31-24(33)8-7-20(28-31)18-3-5-19(34-2)6-4-18/h3-8,15,17H,9-14,16H2,1-2H3,(H,25,32). The third kappa shape index (κ3) is 6.54. The summed E-state index contributed by atoms with van der Waals surface area (Å²) < 4.78 is 12.0. The molecule has 184 valence electrons. The Morgan fingerprint density at radius 1 is 1.06 bits per heavy atom. The van der Waals surface area contributed by atoms with Gasteiger partial charge in [0, 0.05) is 43.9 Å². The van der Waals surface area contributed by atoms with Gasteiger partial charge in [0.05, 0.1) is 19.3 Å². The van der Waals surface area contributed by atoms with Crippen molar-refractivity contribution < 1.29 is 14.3 Å². The van der Waals surface area contributed by atoms with Crippen molar-refractivity contribution in [3.8, 4) is 22.9 Å². The molecule has 2 aromatic heterocycles. The van der Waals surface area contributed by atoms with E-state index in [0.717, 1.165) is 48.0 Å². The van der Waals surface area contributed by atoms with Gasteiger partial charge in [-0.1, -0.05) is 0 Å². The summed E-state index contributed by atoms with van der Waals surface area (Å²) in [5, 5.41) is 7.07. The summed E-state index contributed by atoms with van der Waals surface area (Å²) in [6.07, 6.45) is 1.48. The topological polar surface area (TPSA) is 115 Å². The van der Waals surface area contributed by atoms with E-state index in [1.807, 2.05) is 24.3 Å². The second-order valence-corrected chi connectivity index (χ2v) is 8.15. The Balaban J connectivity index is 1.27. The number of ether oxygens (including phenoxy) is 2. The molecule has 1 amide bonds. The Hall–Kier alpha value is -3.99. The Morgan fingerprint density at radius 2 is 1.83 bits per heavy atom. The second-order valence-electron chi connectivity index (χ2n) is 8.15. The minimum Gasteiger partial charge on any atom is -0.497 e. The number of carbonyl (C=O) groups is 1. The summed E-state index contributed by atoms with van der Waals surface area (Å²) in [6, 6.07) is 12.1. The van der Waals surface area contributed by atoms with Gasteiger partial charge < -0.3 is 24.6 Å². The molecule has 0 bridgehead atoms. The lowest BCUT2D eigenvalue weighted by molar-refractivity contribution is -0.122. The molecule has 0 radical (unpaired) electrons. The Morgan fingerprint density at radius 3 is 2.57 bits per heavy atom. The molecule has 11 nitrogen and oxygen atoms in total. The predicted octanol–water partition coefficient (Wildman–Crippen LogP) is 0.656. The van der Waals surface area contributed by atoms with E-state index in [2.05, 4.69) is 37.2 Å². The maximum absolute atomic E-state index is 12.4. The fourth-order valence-corrected chi connectivity index (χ4v) is 3.63. The number of nitrogens with one attached hydrogen (secondary N) is 1. The summed E-state index contributed by atoms with van der Waals surface area (Å²) in [4.78, 5) is 37.5. The molecule has 3 heterocycles. The molecule has 0 unspecified atom stereocenters. The van der Waals surface area contributed by atoms with Crippen molar-refractivity contribution in [1.29, 1.82) is 0 Å². The number of amides is 1. The van der Waals surface area contributed by atoms with E-state index in [-0.39, 0.29) is 31.2 Å². The fourth-order valence-electron chi connectivity index (χ4n) is 3.63. The van der Waals surface area contributed by atoms with Gasteiger partial charge in [-0.2, -0.15) is 5.10 Å². The molecule has 1 fully saturated rings. The van der Waals surface area contributed by atoms with Gasteiger partial charge in [0.25, 0.3) is 5.56 Å².